The number of carbonyl (C=O) groups is 1. The number of hydrogen-bond acceptors (Lipinski definition) is 3. The lowest BCUT2D eigenvalue weighted by atomic mass is 10.3. The number of ether oxygens (including phenoxy) is 1. The van der Waals surface area contributed by atoms with Crippen molar-refractivity contribution in [2.75, 3.05) is 19.5 Å². The highest BCUT2D eigenvalue weighted by atomic mass is 35.5. The van der Waals surface area contributed by atoms with Crippen LogP contribution in [0.25, 0.3) is 0 Å². The van der Waals surface area contributed by atoms with E-state index in [2.05, 4.69) is 5.32 Å². The maximum atomic E-state index is 12.9. The fourth-order valence-electron chi connectivity index (χ4n) is 1.32. The van der Waals surface area contributed by atoms with Crippen molar-refractivity contribution in [1.29, 1.82) is 0 Å². The minimum Gasteiger partial charge on any atom is -0.383 e. The summed E-state index contributed by atoms with van der Waals surface area (Å²) in [6.07, 6.45) is 0. The van der Waals surface area contributed by atoms with Gasteiger partial charge in [-0.3, -0.25) is 4.79 Å². The van der Waals surface area contributed by atoms with Crippen molar-refractivity contribution < 1.29 is 13.9 Å². The first-order valence-corrected chi connectivity index (χ1v) is 6.75. The van der Waals surface area contributed by atoms with Crippen molar-refractivity contribution in [1.82, 2.24) is 5.32 Å². The smallest absolute Gasteiger partial charge is 0.230 e. The second kappa shape index (κ2) is 7.61. The van der Waals surface area contributed by atoms with Gasteiger partial charge in [-0.1, -0.05) is 11.6 Å². The van der Waals surface area contributed by atoms with Gasteiger partial charge in [0, 0.05) is 18.0 Å². The Morgan fingerprint density at radius 3 is 2.94 bits per heavy atom. The van der Waals surface area contributed by atoms with Crippen LogP contribution in [0.3, 0.4) is 0 Å². The van der Waals surface area contributed by atoms with E-state index < -0.39 is 5.82 Å². The molecule has 0 unspecified atom stereocenters. The average molecular weight is 292 g/mol. The average Bonchev–Trinajstić information content (AvgIpc) is 2.31. The van der Waals surface area contributed by atoms with Gasteiger partial charge in [0.1, 0.15) is 5.82 Å². The van der Waals surface area contributed by atoms with Crippen molar-refractivity contribution in [3.63, 3.8) is 0 Å². The van der Waals surface area contributed by atoms with E-state index >= 15 is 0 Å². The van der Waals surface area contributed by atoms with E-state index in [1.807, 2.05) is 6.92 Å². The van der Waals surface area contributed by atoms with E-state index in [1.165, 1.54) is 23.9 Å². The highest BCUT2D eigenvalue weighted by Crippen LogP contribution is 2.23. The fraction of sp³-hybridized carbons (Fsp3) is 0.417. The first-order chi connectivity index (χ1) is 8.52. The molecule has 3 nitrogen and oxygen atoms in total. The van der Waals surface area contributed by atoms with E-state index in [-0.39, 0.29) is 22.7 Å². The summed E-state index contributed by atoms with van der Waals surface area (Å²) < 4.78 is 17.8. The van der Waals surface area contributed by atoms with Crippen LogP contribution in [-0.4, -0.2) is 31.4 Å². The third-order valence-electron chi connectivity index (χ3n) is 2.09. The van der Waals surface area contributed by atoms with E-state index in [4.69, 9.17) is 16.3 Å². The predicted molar refractivity (Wildman–Crippen MR) is 71.6 cm³/mol. The molecular weight excluding hydrogens is 277 g/mol. The van der Waals surface area contributed by atoms with E-state index in [9.17, 15) is 9.18 Å². The van der Waals surface area contributed by atoms with Gasteiger partial charge in [0.2, 0.25) is 5.91 Å². The fourth-order valence-corrected chi connectivity index (χ4v) is 2.32. The molecule has 0 radical (unpaired) electrons. The summed E-state index contributed by atoms with van der Waals surface area (Å²) in [5.74, 6) is -0.292. The maximum absolute atomic E-state index is 12.9. The number of benzene rings is 1. The van der Waals surface area contributed by atoms with Crippen LogP contribution in [0, 0.1) is 5.82 Å². The second-order valence-corrected chi connectivity index (χ2v) is 5.24. The van der Waals surface area contributed by atoms with Gasteiger partial charge >= 0.3 is 0 Å². The molecule has 0 aromatic heterocycles. The summed E-state index contributed by atoms with van der Waals surface area (Å²) in [7, 11) is 1.58. The molecule has 0 heterocycles. The highest BCUT2D eigenvalue weighted by molar-refractivity contribution is 8.00. The van der Waals surface area contributed by atoms with Crippen molar-refractivity contribution in [2.45, 2.75) is 17.9 Å². The second-order valence-electron chi connectivity index (χ2n) is 3.79. The van der Waals surface area contributed by atoms with Crippen molar-refractivity contribution in [3.8, 4) is 0 Å². The highest BCUT2D eigenvalue weighted by Gasteiger charge is 2.08. The van der Waals surface area contributed by atoms with Crippen LogP contribution in [0.4, 0.5) is 4.39 Å². The zero-order valence-electron chi connectivity index (χ0n) is 10.2. The van der Waals surface area contributed by atoms with Crippen LogP contribution in [0.1, 0.15) is 6.92 Å². The zero-order chi connectivity index (χ0) is 13.5. The molecule has 1 atom stereocenters. The molecule has 0 aliphatic carbocycles. The minimum atomic E-state index is -0.459. The topological polar surface area (TPSA) is 38.3 Å². The Balaban J connectivity index is 2.40. The summed E-state index contributed by atoms with van der Waals surface area (Å²) in [6, 6.07) is 4.36. The molecule has 1 N–H and O–H groups in total. The number of carbonyl (C=O) groups excluding carboxylic acids is 1. The standard InChI is InChI=1S/C12H15ClFNO2S/c1-8(6-17-2)15-12(16)7-18-9-3-4-11(14)10(13)5-9/h3-5,8H,6-7H2,1-2H3,(H,15,16)/t8-/m1/s1. The third kappa shape index (κ3) is 5.25. The molecule has 0 aliphatic heterocycles. The molecule has 1 aromatic rings. The van der Waals surface area contributed by atoms with Crippen LogP contribution < -0.4 is 5.32 Å². The van der Waals surface area contributed by atoms with Gasteiger partial charge in [0.15, 0.2) is 0 Å². The normalized spacial score (nSPS) is 12.2. The summed E-state index contributed by atoms with van der Waals surface area (Å²) in [6.45, 7) is 2.33. The molecule has 0 saturated carbocycles. The molecule has 18 heavy (non-hydrogen) atoms. The number of nitrogens with one attached hydrogen (secondary N) is 1. The van der Waals surface area contributed by atoms with E-state index in [1.54, 1.807) is 13.2 Å². The Bertz CT molecular complexity index is 417. The Kier molecular flexibility index (Phi) is 6.46. The largest absolute Gasteiger partial charge is 0.383 e. The first kappa shape index (κ1) is 15.3. The number of hydrogen-bond donors (Lipinski definition) is 1. The van der Waals surface area contributed by atoms with Crippen LogP contribution in [0.5, 0.6) is 0 Å². The third-order valence-corrected chi connectivity index (χ3v) is 3.37. The van der Waals surface area contributed by atoms with Crippen LogP contribution >= 0.6 is 23.4 Å². The van der Waals surface area contributed by atoms with Crippen molar-refractivity contribution in [3.05, 3.63) is 29.0 Å². The van der Waals surface area contributed by atoms with Crippen molar-refractivity contribution in [2.24, 2.45) is 0 Å². The zero-order valence-corrected chi connectivity index (χ0v) is 11.8. The molecule has 6 heteroatoms. The van der Waals surface area contributed by atoms with Gasteiger partial charge < -0.3 is 10.1 Å². The van der Waals surface area contributed by atoms with Gasteiger partial charge in [-0.2, -0.15) is 0 Å². The maximum Gasteiger partial charge on any atom is 0.230 e. The number of rotatable bonds is 6. The van der Waals surface area contributed by atoms with Gasteiger partial charge in [-0.25, -0.2) is 4.39 Å². The SMILES string of the molecule is COC[C@@H](C)NC(=O)CSc1ccc(F)c(Cl)c1. The number of methoxy groups -OCH3 is 1. The van der Waals surface area contributed by atoms with Gasteiger partial charge in [0.05, 0.1) is 17.4 Å². The Morgan fingerprint density at radius 2 is 2.33 bits per heavy atom. The lowest BCUT2D eigenvalue weighted by Gasteiger charge is -2.12. The lowest BCUT2D eigenvalue weighted by molar-refractivity contribution is -0.119. The number of halogens is 2. The van der Waals surface area contributed by atoms with E-state index in [0.29, 0.717) is 6.61 Å². The summed E-state index contributed by atoms with van der Waals surface area (Å²) in [4.78, 5) is 12.3. The van der Waals surface area contributed by atoms with Gasteiger partial charge in [0.25, 0.3) is 0 Å². The lowest BCUT2D eigenvalue weighted by Crippen LogP contribution is -2.36. The molecule has 1 aromatic carbocycles. The van der Waals surface area contributed by atoms with E-state index in [0.717, 1.165) is 4.90 Å². The Labute approximate surface area is 115 Å². The summed E-state index contributed by atoms with van der Waals surface area (Å²) >= 11 is 6.96. The van der Waals surface area contributed by atoms with Crippen LogP contribution in [-0.2, 0) is 9.53 Å². The van der Waals surface area contributed by atoms with Gasteiger partial charge in [-0.15, -0.1) is 11.8 Å². The molecule has 0 aliphatic rings. The first-order valence-electron chi connectivity index (χ1n) is 5.39. The Morgan fingerprint density at radius 1 is 1.61 bits per heavy atom. The number of thioether (sulfide) groups is 1. The van der Waals surface area contributed by atoms with Crippen LogP contribution in [0.15, 0.2) is 23.1 Å². The summed E-state index contributed by atoms with van der Waals surface area (Å²) in [5, 5.41) is 2.85. The van der Waals surface area contributed by atoms with Gasteiger partial charge in [-0.05, 0) is 25.1 Å². The van der Waals surface area contributed by atoms with Crippen LogP contribution in [0.2, 0.25) is 5.02 Å². The summed E-state index contributed by atoms with van der Waals surface area (Å²) in [5.41, 5.74) is 0. The molecule has 0 saturated heterocycles. The molecule has 0 bridgehead atoms. The molecular formula is C12H15ClFNO2S. The monoisotopic (exact) mass is 291 g/mol. The molecule has 1 amide bonds. The van der Waals surface area contributed by atoms with Crippen molar-refractivity contribution >= 4 is 29.3 Å². The number of amides is 1. The predicted octanol–water partition coefficient (Wildman–Crippen LogP) is 2.72. The molecule has 1 rings (SSSR count). The molecule has 0 spiro atoms. The molecule has 0 fully saturated rings. The minimum absolute atomic E-state index is 0.0279. The molecule has 100 valence electrons. The quantitative estimate of drug-likeness (QED) is 0.819. The Hall–Kier alpha value is -0.780.